The summed E-state index contributed by atoms with van der Waals surface area (Å²) in [6.07, 6.45) is 6.28. The van der Waals surface area contributed by atoms with Crippen molar-refractivity contribution in [3.63, 3.8) is 0 Å². The first kappa shape index (κ1) is 19.5. The van der Waals surface area contributed by atoms with E-state index in [4.69, 9.17) is 4.42 Å². The van der Waals surface area contributed by atoms with E-state index in [1.54, 1.807) is 48.7 Å². The first-order valence-corrected chi connectivity index (χ1v) is 10.2. The molecule has 1 aliphatic carbocycles. The SMILES string of the molecule is CC1(C)C[C@H]2C[C@@](C)(CN2C(=O)/C(=C\c2ccco2)NC(=O)c2ccccc2)C1. The fraction of sp³-hybridized carbons (Fsp3) is 0.417. The number of nitrogens with one attached hydrogen (secondary N) is 1. The number of hydrogen-bond acceptors (Lipinski definition) is 3. The maximum atomic E-state index is 13.5. The van der Waals surface area contributed by atoms with Crippen LogP contribution in [-0.2, 0) is 4.79 Å². The quantitative estimate of drug-likeness (QED) is 0.781. The normalized spacial score (nSPS) is 25.7. The van der Waals surface area contributed by atoms with Crippen molar-refractivity contribution in [2.24, 2.45) is 10.8 Å². The second kappa shape index (κ2) is 7.21. The molecule has 2 fully saturated rings. The minimum Gasteiger partial charge on any atom is -0.465 e. The largest absolute Gasteiger partial charge is 0.465 e. The molecule has 2 aliphatic rings. The summed E-state index contributed by atoms with van der Waals surface area (Å²) in [7, 11) is 0. The number of furan rings is 1. The highest BCUT2D eigenvalue weighted by atomic mass is 16.3. The average molecular weight is 392 g/mol. The monoisotopic (exact) mass is 392 g/mol. The second-order valence-corrected chi connectivity index (χ2v) is 9.54. The second-order valence-electron chi connectivity index (χ2n) is 9.54. The molecule has 2 heterocycles. The van der Waals surface area contributed by atoms with Gasteiger partial charge in [-0.25, -0.2) is 0 Å². The van der Waals surface area contributed by atoms with Crippen LogP contribution in [0.1, 0.15) is 56.2 Å². The van der Waals surface area contributed by atoms with E-state index in [9.17, 15) is 9.59 Å². The molecule has 0 radical (unpaired) electrons. The summed E-state index contributed by atoms with van der Waals surface area (Å²) in [5.74, 6) is 0.0954. The van der Waals surface area contributed by atoms with Gasteiger partial charge in [-0.2, -0.15) is 0 Å². The number of nitrogens with zero attached hydrogens (tertiary/aromatic N) is 1. The van der Waals surface area contributed by atoms with E-state index in [-0.39, 0.29) is 34.4 Å². The van der Waals surface area contributed by atoms with Crippen molar-refractivity contribution >= 4 is 17.9 Å². The molecule has 5 nitrogen and oxygen atoms in total. The highest BCUT2D eigenvalue weighted by molar-refractivity contribution is 6.05. The van der Waals surface area contributed by atoms with Gasteiger partial charge in [-0.3, -0.25) is 9.59 Å². The molecule has 4 rings (SSSR count). The number of amides is 2. The minimum atomic E-state index is -0.300. The minimum absolute atomic E-state index is 0.126. The van der Waals surface area contributed by atoms with Gasteiger partial charge in [0, 0.05) is 24.2 Å². The van der Waals surface area contributed by atoms with Crippen molar-refractivity contribution in [2.75, 3.05) is 6.54 Å². The van der Waals surface area contributed by atoms with Crippen molar-refractivity contribution in [3.05, 3.63) is 65.7 Å². The summed E-state index contributed by atoms with van der Waals surface area (Å²) in [5.41, 5.74) is 1.10. The predicted molar refractivity (Wildman–Crippen MR) is 112 cm³/mol. The van der Waals surface area contributed by atoms with Crippen molar-refractivity contribution < 1.29 is 14.0 Å². The van der Waals surface area contributed by atoms with Crippen LogP contribution in [-0.4, -0.2) is 29.3 Å². The Morgan fingerprint density at radius 1 is 1.10 bits per heavy atom. The van der Waals surface area contributed by atoms with E-state index in [1.165, 1.54) is 0 Å². The molecule has 2 amide bonds. The number of likely N-dealkylation sites (tertiary alicyclic amines) is 1. The Labute approximate surface area is 171 Å². The van der Waals surface area contributed by atoms with E-state index >= 15 is 0 Å². The van der Waals surface area contributed by atoms with Gasteiger partial charge in [-0.1, -0.05) is 39.0 Å². The lowest BCUT2D eigenvalue weighted by molar-refractivity contribution is -0.128. The van der Waals surface area contributed by atoms with E-state index in [0.29, 0.717) is 11.3 Å². The number of rotatable bonds is 4. The van der Waals surface area contributed by atoms with E-state index in [2.05, 4.69) is 26.1 Å². The summed E-state index contributed by atoms with van der Waals surface area (Å²) >= 11 is 0. The Balaban J connectivity index is 1.62. The summed E-state index contributed by atoms with van der Waals surface area (Å²) in [5, 5.41) is 2.83. The third-order valence-corrected chi connectivity index (χ3v) is 6.02. The molecule has 1 saturated carbocycles. The topological polar surface area (TPSA) is 62.6 Å². The van der Waals surface area contributed by atoms with Gasteiger partial charge in [0.05, 0.1) is 6.26 Å². The zero-order chi connectivity index (χ0) is 20.6. The summed E-state index contributed by atoms with van der Waals surface area (Å²) in [6, 6.07) is 12.7. The number of carbonyl (C=O) groups excluding carboxylic acids is 2. The van der Waals surface area contributed by atoms with Crippen LogP contribution >= 0.6 is 0 Å². The highest BCUT2D eigenvalue weighted by Crippen LogP contribution is 2.52. The van der Waals surface area contributed by atoms with Crippen LogP contribution in [0.3, 0.4) is 0 Å². The first-order valence-electron chi connectivity index (χ1n) is 10.2. The van der Waals surface area contributed by atoms with E-state index in [0.717, 1.165) is 25.8 Å². The molecule has 1 saturated heterocycles. The number of fused-ring (bicyclic) bond motifs is 2. The Hall–Kier alpha value is -2.82. The molecular weight excluding hydrogens is 364 g/mol. The van der Waals surface area contributed by atoms with Crippen molar-refractivity contribution in [2.45, 2.75) is 46.1 Å². The zero-order valence-corrected chi connectivity index (χ0v) is 17.3. The van der Waals surface area contributed by atoms with Crippen LogP contribution in [0.5, 0.6) is 0 Å². The van der Waals surface area contributed by atoms with Crippen LogP contribution in [0, 0.1) is 10.8 Å². The molecule has 152 valence electrons. The Bertz CT molecular complexity index is 930. The molecule has 5 heteroatoms. The Kier molecular flexibility index (Phi) is 4.85. The van der Waals surface area contributed by atoms with Gasteiger partial charge in [0.2, 0.25) is 0 Å². The molecule has 1 N–H and O–H groups in total. The molecule has 0 unspecified atom stereocenters. The molecule has 1 aliphatic heterocycles. The van der Waals surface area contributed by atoms with Crippen molar-refractivity contribution in [1.29, 1.82) is 0 Å². The Morgan fingerprint density at radius 2 is 1.86 bits per heavy atom. The molecule has 2 aromatic rings. The highest BCUT2D eigenvalue weighted by Gasteiger charge is 2.51. The van der Waals surface area contributed by atoms with Crippen LogP contribution in [0.25, 0.3) is 6.08 Å². The van der Waals surface area contributed by atoms with Gasteiger partial charge in [0.1, 0.15) is 11.5 Å². The molecule has 1 aromatic heterocycles. The molecule has 1 aromatic carbocycles. The molecular formula is C24H28N2O3. The van der Waals surface area contributed by atoms with Crippen molar-refractivity contribution in [3.8, 4) is 0 Å². The summed E-state index contributed by atoms with van der Waals surface area (Å²) < 4.78 is 5.41. The number of carbonyl (C=O) groups is 2. The lowest BCUT2D eigenvalue weighted by Crippen LogP contribution is -2.42. The van der Waals surface area contributed by atoms with Crippen LogP contribution in [0.4, 0.5) is 0 Å². The smallest absolute Gasteiger partial charge is 0.270 e. The molecule has 2 atom stereocenters. The van der Waals surface area contributed by atoms with Gasteiger partial charge < -0.3 is 14.6 Å². The summed E-state index contributed by atoms with van der Waals surface area (Å²) in [4.78, 5) is 28.2. The van der Waals surface area contributed by atoms with Crippen LogP contribution < -0.4 is 5.32 Å². The van der Waals surface area contributed by atoms with E-state index < -0.39 is 0 Å². The van der Waals surface area contributed by atoms with Crippen molar-refractivity contribution in [1.82, 2.24) is 10.2 Å². The van der Waals surface area contributed by atoms with Gasteiger partial charge in [0.15, 0.2) is 0 Å². The van der Waals surface area contributed by atoms with Crippen LogP contribution in [0.15, 0.2) is 58.8 Å². The standard InChI is InChI=1S/C24H28N2O3/c1-23(2)13-18-14-24(3,15-23)16-26(18)22(28)20(12-19-10-7-11-29-19)25-21(27)17-8-5-4-6-9-17/h4-12,18H,13-16H2,1-3H3,(H,25,27)/b20-12+/t18-,24+/m0/s1. The fourth-order valence-electron chi connectivity index (χ4n) is 5.30. The summed E-state index contributed by atoms with van der Waals surface area (Å²) in [6.45, 7) is 7.55. The number of hydrogen-bond donors (Lipinski definition) is 1. The van der Waals surface area contributed by atoms with Gasteiger partial charge in [0.25, 0.3) is 11.8 Å². The third-order valence-electron chi connectivity index (χ3n) is 6.02. The first-order chi connectivity index (χ1) is 13.7. The molecule has 29 heavy (non-hydrogen) atoms. The van der Waals surface area contributed by atoms with Gasteiger partial charge in [-0.05, 0) is 54.4 Å². The molecule has 0 spiro atoms. The third kappa shape index (κ3) is 4.14. The maximum Gasteiger partial charge on any atom is 0.270 e. The zero-order valence-electron chi connectivity index (χ0n) is 17.3. The van der Waals surface area contributed by atoms with Crippen LogP contribution in [0.2, 0.25) is 0 Å². The molecule has 2 bridgehead atoms. The fourth-order valence-corrected chi connectivity index (χ4v) is 5.30. The predicted octanol–water partition coefficient (Wildman–Crippen LogP) is 4.48. The van der Waals surface area contributed by atoms with Gasteiger partial charge in [-0.15, -0.1) is 0 Å². The Morgan fingerprint density at radius 3 is 2.55 bits per heavy atom. The van der Waals surface area contributed by atoms with E-state index in [1.807, 2.05) is 11.0 Å². The number of benzene rings is 1. The lowest BCUT2D eigenvalue weighted by atomic mass is 9.65. The maximum absolute atomic E-state index is 13.5. The van der Waals surface area contributed by atoms with Gasteiger partial charge >= 0.3 is 0 Å². The average Bonchev–Trinajstić information content (AvgIpc) is 3.25. The lowest BCUT2D eigenvalue weighted by Gasteiger charge is -2.39.